The van der Waals surface area contributed by atoms with Gasteiger partial charge in [0.1, 0.15) is 11.2 Å². The number of nitrogens with zero attached hydrogens (tertiary/aromatic N) is 3. The first kappa shape index (κ1) is 20.8. The number of hydrogen-bond acceptors (Lipinski definition) is 7. The average Bonchev–Trinajstić information content (AvgIpc) is 3.65. The van der Waals surface area contributed by atoms with Gasteiger partial charge in [-0.1, -0.05) is 66.7 Å². The maximum Gasteiger partial charge on any atom is 0.354 e. The van der Waals surface area contributed by atoms with Gasteiger partial charge in [0.15, 0.2) is 11.2 Å². The van der Waals surface area contributed by atoms with Crippen molar-refractivity contribution in [1.82, 2.24) is 15.3 Å². The highest BCUT2D eigenvalue weighted by Gasteiger charge is 2.32. The molecule has 4 heterocycles. The smallest absolute Gasteiger partial charge is 0.354 e. The number of pyridine rings is 1. The second-order valence-corrected chi connectivity index (χ2v) is 10.1. The lowest BCUT2D eigenvalue weighted by atomic mass is 10.0. The highest BCUT2D eigenvalue weighted by Crippen LogP contribution is 2.50. The van der Waals surface area contributed by atoms with Gasteiger partial charge >= 0.3 is 5.97 Å². The van der Waals surface area contributed by atoms with E-state index >= 15 is 0 Å². The number of aromatic nitrogens is 3. The molecule has 0 spiro atoms. The van der Waals surface area contributed by atoms with E-state index in [-0.39, 0.29) is 10.9 Å². The summed E-state index contributed by atoms with van der Waals surface area (Å²) >= 11 is 3.15. The van der Waals surface area contributed by atoms with Gasteiger partial charge in [-0.15, -0.1) is 23.1 Å². The van der Waals surface area contributed by atoms with Crippen LogP contribution >= 0.6 is 23.1 Å². The van der Waals surface area contributed by atoms with Crippen molar-refractivity contribution >= 4 is 45.0 Å². The van der Waals surface area contributed by atoms with Crippen LogP contribution in [0.4, 0.5) is 0 Å². The van der Waals surface area contributed by atoms with Crippen LogP contribution in [0.3, 0.4) is 0 Å². The molecule has 0 aliphatic carbocycles. The Labute approximate surface area is 202 Å². The minimum Gasteiger partial charge on any atom is -0.477 e. The first-order valence-electron chi connectivity index (χ1n) is 10.7. The first-order chi connectivity index (χ1) is 16.7. The standard InChI is InChI=1S/C26H17N3O3S2/c30-26(31)24-21(19-13-11-17(33-19)15-7-3-1-4-8-15)23-25(29-32-28-23)22(27-24)20-14-12-18(34-20)16-9-5-2-6-10-16/h1-12,14,19H,13H2,(H,30,31). The SMILES string of the molecule is O=C(O)c1nc(-c2ccc(-c3ccccc3)s2)c2nonc2c1C1CC=C(c2ccccc2)S1. The van der Waals surface area contributed by atoms with Crippen LogP contribution in [-0.2, 0) is 0 Å². The number of benzene rings is 2. The molecule has 6 rings (SSSR count). The van der Waals surface area contributed by atoms with Gasteiger partial charge in [0.25, 0.3) is 0 Å². The Bertz CT molecular complexity index is 1540. The number of carbonyl (C=O) groups is 1. The summed E-state index contributed by atoms with van der Waals surface area (Å²) < 4.78 is 5.11. The lowest BCUT2D eigenvalue weighted by Crippen LogP contribution is -2.09. The topological polar surface area (TPSA) is 89.1 Å². The predicted octanol–water partition coefficient (Wildman–Crippen LogP) is 6.93. The molecular weight excluding hydrogens is 466 g/mol. The second kappa shape index (κ2) is 8.55. The molecule has 1 N–H and O–H groups in total. The molecule has 1 aliphatic heterocycles. The highest BCUT2D eigenvalue weighted by molar-refractivity contribution is 8.08. The maximum atomic E-state index is 12.3. The van der Waals surface area contributed by atoms with Gasteiger partial charge in [-0.05, 0) is 40.0 Å². The molecule has 0 saturated heterocycles. The Morgan fingerprint density at radius 1 is 0.882 bits per heavy atom. The molecule has 0 radical (unpaired) electrons. The number of carboxylic acids is 1. The fraction of sp³-hybridized carbons (Fsp3) is 0.0769. The molecule has 5 aromatic rings. The van der Waals surface area contributed by atoms with E-state index in [0.29, 0.717) is 28.7 Å². The van der Waals surface area contributed by atoms with Crippen molar-refractivity contribution in [3.63, 3.8) is 0 Å². The number of hydrogen-bond donors (Lipinski definition) is 1. The minimum atomic E-state index is -1.09. The predicted molar refractivity (Wildman–Crippen MR) is 135 cm³/mol. The van der Waals surface area contributed by atoms with Gasteiger partial charge in [0.2, 0.25) is 0 Å². The third kappa shape index (κ3) is 3.61. The van der Waals surface area contributed by atoms with Crippen molar-refractivity contribution in [3.8, 4) is 21.0 Å². The van der Waals surface area contributed by atoms with Crippen LogP contribution in [0.25, 0.3) is 37.0 Å². The van der Waals surface area contributed by atoms with Crippen molar-refractivity contribution in [2.24, 2.45) is 0 Å². The van der Waals surface area contributed by atoms with Gasteiger partial charge in [-0.2, -0.15) is 0 Å². The summed E-state index contributed by atoms with van der Waals surface area (Å²) in [6.45, 7) is 0. The fourth-order valence-corrected chi connectivity index (χ4v) is 6.46. The maximum absolute atomic E-state index is 12.3. The molecule has 2 aromatic carbocycles. The summed E-state index contributed by atoms with van der Waals surface area (Å²) in [5, 5.41) is 18.2. The largest absolute Gasteiger partial charge is 0.477 e. The molecule has 166 valence electrons. The summed E-state index contributed by atoms with van der Waals surface area (Å²) in [6, 6.07) is 24.0. The lowest BCUT2D eigenvalue weighted by Gasteiger charge is -2.14. The minimum absolute atomic E-state index is 0.00641. The molecule has 1 unspecified atom stereocenters. The zero-order valence-electron chi connectivity index (χ0n) is 17.7. The van der Waals surface area contributed by atoms with E-state index in [1.807, 2.05) is 60.7 Å². The molecular formula is C26H17N3O3S2. The molecule has 1 atom stereocenters. The molecule has 0 saturated carbocycles. The number of fused-ring (bicyclic) bond motifs is 1. The van der Waals surface area contributed by atoms with Crippen molar-refractivity contribution in [1.29, 1.82) is 0 Å². The summed E-state index contributed by atoms with van der Waals surface area (Å²) in [6.07, 6.45) is 2.81. The lowest BCUT2D eigenvalue weighted by molar-refractivity contribution is 0.0689. The van der Waals surface area contributed by atoms with E-state index in [4.69, 9.17) is 4.63 Å². The summed E-state index contributed by atoms with van der Waals surface area (Å²) in [4.78, 5) is 19.9. The van der Waals surface area contributed by atoms with Gasteiger partial charge in [0, 0.05) is 20.6 Å². The molecule has 3 aromatic heterocycles. The monoisotopic (exact) mass is 483 g/mol. The zero-order chi connectivity index (χ0) is 23.1. The number of rotatable bonds is 5. The van der Waals surface area contributed by atoms with Crippen LogP contribution in [-0.4, -0.2) is 26.4 Å². The molecule has 0 fully saturated rings. The quantitative estimate of drug-likeness (QED) is 0.290. The second-order valence-electron chi connectivity index (χ2n) is 7.80. The molecule has 8 heteroatoms. The van der Waals surface area contributed by atoms with Gasteiger partial charge < -0.3 is 5.11 Å². The van der Waals surface area contributed by atoms with Crippen molar-refractivity contribution in [2.75, 3.05) is 0 Å². The third-order valence-electron chi connectivity index (χ3n) is 5.71. The van der Waals surface area contributed by atoms with Gasteiger partial charge in [0.05, 0.1) is 4.88 Å². The Morgan fingerprint density at radius 2 is 1.56 bits per heavy atom. The van der Waals surface area contributed by atoms with E-state index in [2.05, 4.69) is 33.5 Å². The number of allylic oxidation sites excluding steroid dienone is 1. The average molecular weight is 484 g/mol. The van der Waals surface area contributed by atoms with Crippen LogP contribution in [0.5, 0.6) is 0 Å². The Morgan fingerprint density at radius 3 is 2.29 bits per heavy atom. The van der Waals surface area contributed by atoms with Crippen LogP contribution in [0, 0.1) is 0 Å². The van der Waals surface area contributed by atoms with E-state index in [1.54, 1.807) is 11.8 Å². The normalized spacial score (nSPS) is 15.5. The van der Waals surface area contributed by atoms with Crippen LogP contribution < -0.4 is 0 Å². The van der Waals surface area contributed by atoms with E-state index < -0.39 is 5.97 Å². The Hall–Kier alpha value is -3.75. The van der Waals surface area contributed by atoms with Gasteiger partial charge in [-0.3, -0.25) is 0 Å². The summed E-state index contributed by atoms with van der Waals surface area (Å²) in [5.41, 5.74) is 4.16. The van der Waals surface area contributed by atoms with Gasteiger partial charge in [-0.25, -0.2) is 14.4 Å². The molecule has 0 amide bonds. The zero-order valence-corrected chi connectivity index (χ0v) is 19.3. The molecule has 1 aliphatic rings. The van der Waals surface area contributed by atoms with Crippen LogP contribution in [0.15, 0.2) is 83.5 Å². The first-order valence-corrected chi connectivity index (χ1v) is 12.4. The van der Waals surface area contributed by atoms with E-state index in [1.165, 1.54) is 11.3 Å². The van der Waals surface area contributed by atoms with Crippen molar-refractivity contribution < 1.29 is 14.5 Å². The highest BCUT2D eigenvalue weighted by atomic mass is 32.2. The van der Waals surface area contributed by atoms with Crippen molar-refractivity contribution in [2.45, 2.75) is 11.7 Å². The molecule has 6 nitrogen and oxygen atoms in total. The van der Waals surface area contributed by atoms with E-state index in [9.17, 15) is 9.90 Å². The number of thioether (sulfide) groups is 1. The number of aromatic carboxylic acids is 1. The van der Waals surface area contributed by atoms with E-state index in [0.717, 1.165) is 25.8 Å². The Balaban J connectivity index is 1.43. The Kier molecular flexibility index (Phi) is 5.24. The van der Waals surface area contributed by atoms with Crippen LogP contribution in [0.2, 0.25) is 0 Å². The number of carboxylic acid groups (broad SMARTS) is 1. The third-order valence-corrected chi connectivity index (χ3v) is 8.22. The number of thiophene rings is 1. The molecule has 34 heavy (non-hydrogen) atoms. The van der Waals surface area contributed by atoms with Crippen LogP contribution in [0.1, 0.15) is 33.3 Å². The summed E-state index contributed by atoms with van der Waals surface area (Å²) in [5.74, 6) is -1.09. The fourth-order valence-electron chi connectivity index (χ4n) is 4.15. The van der Waals surface area contributed by atoms with Crippen molar-refractivity contribution in [3.05, 3.63) is 95.7 Å². The summed E-state index contributed by atoms with van der Waals surface area (Å²) in [7, 11) is 0. The molecule has 0 bridgehead atoms.